The van der Waals surface area contributed by atoms with Crippen molar-refractivity contribution in [3.05, 3.63) is 72.3 Å². The quantitative estimate of drug-likeness (QED) is 0.658. The summed E-state index contributed by atoms with van der Waals surface area (Å²) < 4.78 is 54.7. The van der Waals surface area contributed by atoms with Gasteiger partial charge in [-0.3, -0.25) is 4.98 Å². The first-order chi connectivity index (χ1) is 13.2. The van der Waals surface area contributed by atoms with Gasteiger partial charge in [-0.1, -0.05) is 13.0 Å². The fourth-order valence-electron chi connectivity index (χ4n) is 2.77. The normalized spacial score (nSPS) is 13.8. The van der Waals surface area contributed by atoms with E-state index in [1.165, 1.54) is 43.1 Å². The highest BCUT2D eigenvalue weighted by Gasteiger charge is 2.32. The van der Waals surface area contributed by atoms with Crippen LogP contribution in [0.15, 0.2) is 55.2 Å². The summed E-state index contributed by atoms with van der Waals surface area (Å²) in [5.74, 6) is -1.54. The van der Waals surface area contributed by atoms with E-state index in [0.29, 0.717) is 29.3 Å². The number of hydrogen-bond donors (Lipinski definition) is 1. The van der Waals surface area contributed by atoms with Crippen LogP contribution < -0.4 is 4.74 Å². The average molecular weight is 393 g/mol. The molecule has 2 heterocycles. The van der Waals surface area contributed by atoms with Gasteiger partial charge in [0, 0.05) is 41.3 Å². The van der Waals surface area contributed by atoms with Gasteiger partial charge in [0.2, 0.25) is 0 Å². The first-order valence-electron chi connectivity index (χ1n) is 8.23. The van der Waals surface area contributed by atoms with E-state index in [2.05, 4.69) is 19.7 Å². The predicted octanol–water partition coefficient (Wildman–Crippen LogP) is 4.22. The van der Waals surface area contributed by atoms with Crippen LogP contribution in [0, 0.1) is 5.82 Å². The molecule has 146 valence electrons. The Morgan fingerprint density at radius 1 is 1.04 bits per heavy atom. The molecule has 0 bridgehead atoms. The van der Waals surface area contributed by atoms with Crippen LogP contribution >= 0.6 is 0 Å². The highest BCUT2D eigenvalue weighted by atomic mass is 19.4. The van der Waals surface area contributed by atoms with Crippen molar-refractivity contribution in [2.45, 2.75) is 25.3 Å². The molecule has 5 nitrogen and oxygen atoms in total. The summed E-state index contributed by atoms with van der Waals surface area (Å²) in [4.78, 5) is 12.0. The third kappa shape index (κ3) is 4.09. The van der Waals surface area contributed by atoms with Crippen LogP contribution in [0.25, 0.3) is 11.1 Å². The zero-order valence-electron chi connectivity index (χ0n) is 14.6. The molecule has 0 aliphatic rings. The van der Waals surface area contributed by atoms with Gasteiger partial charge in [-0.2, -0.15) is 0 Å². The largest absolute Gasteiger partial charge is 0.573 e. The van der Waals surface area contributed by atoms with E-state index in [9.17, 15) is 22.7 Å². The van der Waals surface area contributed by atoms with Crippen LogP contribution in [0.4, 0.5) is 17.6 Å². The van der Waals surface area contributed by atoms with Crippen molar-refractivity contribution in [1.29, 1.82) is 0 Å². The second-order valence-electron chi connectivity index (χ2n) is 5.96. The lowest BCUT2D eigenvalue weighted by atomic mass is 9.89. The number of nitrogens with zero attached hydrogens (tertiary/aromatic N) is 3. The number of benzene rings is 1. The van der Waals surface area contributed by atoms with Gasteiger partial charge in [0.15, 0.2) is 0 Å². The molecular weight excluding hydrogens is 378 g/mol. The van der Waals surface area contributed by atoms with Gasteiger partial charge in [0.1, 0.15) is 23.5 Å². The molecule has 2 aromatic heterocycles. The van der Waals surface area contributed by atoms with Crippen molar-refractivity contribution in [3.63, 3.8) is 0 Å². The SMILES string of the molecule is CCC(O)(c1cncnc1)c1ccc(-c2ccc(OC(F)(F)F)cc2F)cn1. The molecule has 1 atom stereocenters. The van der Waals surface area contributed by atoms with E-state index in [1.807, 2.05) is 0 Å². The van der Waals surface area contributed by atoms with Crippen LogP contribution in [-0.2, 0) is 5.60 Å². The van der Waals surface area contributed by atoms with Gasteiger partial charge in [0.05, 0.1) is 5.69 Å². The lowest BCUT2D eigenvalue weighted by molar-refractivity contribution is -0.274. The number of hydrogen-bond acceptors (Lipinski definition) is 5. The number of aromatic nitrogens is 3. The van der Waals surface area contributed by atoms with Gasteiger partial charge in [-0.15, -0.1) is 13.2 Å². The fourth-order valence-corrected chi connectivity index (χ4v) is 2.77. The Bertz CT molecular complexity index is 950. The van der Waals surface area contributed by atoms with Gasteiger partial charge in [0.25, 0.3) is 0 Å². The molecule has 0 aliphatic heterocycles. The molecule has 1 unspecified atom stereocenters. The first-order valence-corrected chi connectivity index (χ1v) is 8.23. The summed E-state index contributed by atoms with van der Waals surface area (Å²) >= 11 is 0. The third-order valence-corrected chi connectivity index (χ3v) is 4.22. The molecule has 0 spiro atoms. The number of aliphatic hydroxyl groups is 1. The molecule has 1 aromatic carbocycles. The number of rotatable bonds is 5. The Kier molecular flexibility index (Phi) is 5.28. The minimum Gasteiger partial charge on any atom is -0.406 e. The van der Waals surface area contributed by atoms with Crippen LogP contribution in [0.5, 0.6) is 5.75 Å². The standard InChI is InChI=1S/C19H15F4N3O2/c1-2-18(27,13-9-24-11-25-10-13)17-6-3-12(8-26-17)15-5-4-14(7-16(15)20)28-19(21,22)23/h3-11,27H,2H2,1H3. The number of halogens is 4. The zero-order valence-corrected chi connectivity index (χ0v) is 14.6. The smallest absolute Gasteiger partial charge is 0.406 e. The van der Waals surface area contributed by atoms with Crippen molar-refractivity contribution in [2.24, 2.45) is 0 Å². The van der Waals surface area contributed by atoms with E-state index < -0.39 is 23.5 Å². The van der Waals surface area contributed by atoms with Crippen LogP contribution in [-0.4, -0.2) is 26.4 Å². The van der Waals surface area contributed by atoms with E-state index in [1.54, 1.807) is 6.92 Å². The molecule has 0 radical (unpaired) electrons. The molecular formula is C19H15F4N3O2. The summed E-state index contributed by atoms with van der Waals surface area (Å²) in [6.07, 6.45) is 1.03. The van der Waals surface area contributed by atoms with E-state index in [4.69, 9.17) is 0 Å². The third-order valence-electron chi connectivity index (χ3n) is 4.22. The van der Waals surface area contributed by atoms with E-state index in [-0.39, 0.29) is 5.56 Å². The number of pyridine rings is 1. The maximum atomic E-state index is 14.2. The minimum absolute atomic E-state index is 0.0525. The molecule has 0 saturated carbocycles. The highest BCUT2D eigenvalue weighted by Crippen LogP contribution is 2.33. The van der Waals surface area contributed by atoms with E-state index >= 15 is 0 Å². The molecule has 3 aromatic rings. The Morgan fingerprint density at radius 3 is 2.29 bits per heavy atom. The topological polar surface area (TPSA) is 68.1 Å². The summed E-state index contributed by atoms with van der Waals surface area (Å²) in [6.45, 7) is 1.77. The molecule has 9 heteroatoms. The molecule has 0 aliphatic carbocycles. The second kappa shape index (κ2) is 7.51. The Balaban J connectivity index is 1.90. The Hall–Kier alpha value is -3.07. The lowest BCUT2D eigenvalue weighted by Crippen LogP contribution is -2.27. The monoisotopic (exact) mass is 393 g/mol. The summed E-state index contributed by atoms with van der Waals surface area (Å²) in [5, 5.41) is 11.0. The maximum absolute atomic E-state index is 14.2. The molecule has 0 saturated heterocycles. The first kappa shape index (κ1) is 19.7. The molecule has 3 rings (SSSR count). The van der Waals surface area contributed by atoms with Crippen LogP contribution in [0.3, 0.4) is 0 Å². The van der Waals surface area contributed by atoms with Crippen LogP contribution in [0.2, 0.25) is 0 Å². The molecule has 0 amide bonds. The number of alkyl halides is 3. The average Bonchev–Trinajstić information content (AvgIpc) is 2.67. The molecule has 0 fully saturated rings. The summed E-state index contributed by atoms with van der Waals surface area (Å²) in [7, 11) is 0. The van der Waals surface area contributed by atoms with Crippen molar-refractivity contribution in [1.82, 2.24) is 15.0 Å². The molecule has 28 heavy (non-hydrogen) atoms. The van der Waals surface area contributed by atoms with Crippen molar-refractivity contribution in [2.75, 3.05) is 0 Å². The van der Waals surface area contributed by atoms with Gasteiger partial charge >= 0.3 is 6.36 Å². The zero-order chi connectivity index (χ0) is 20.4. The van der Waals surface area contributed by atoms with Crippen LogP contribution in [0.1, 0.15) is 24.6 Å². The molecule has 1 N–H and O–H groups in total. The summed E-state index contributed by atoms with van der Waals surface area (Å²) in [5.41, 5.74) is -0.272. The second-order valence-corrected chi connectivity index (χ2v) is 5.96. The number of ether oxygens (including phenoxy) is 1. The highest BCUT2D eigenvalue weighted by molar-refractivity contribution is 5.64. The van der Waals surface area contributed by atoms with Gasteiger partial charge < -0.3 is 9.84 Å². The Morgan fingerprint density at radius 2 is 1.75 bits per heavy atom. The van der Waals surface area contributed by atoms with Crippen molar-refractivity contribution < 1.29 is 27.4 Å². The predicted molar refractivity (Wildman–Crippen MR) is 91.6 cm³/mol. The maximum Gasteiger partial charge on any atom is 0.573 e. The van der Waals surface area contributed by atoms with Crippen molar-refractivity contribution in [3.8, 4) is 16.9 Å². The Labute approximate surface area is 157 Å². The van der Waals surface area contributed by atoms with Gasteiger partial charge in [-0.25, -0.2) is 14.4 Å². The minimum atomic E-state index is -4.90. The van der Waals surface area contributed by atoms with Crippen molar-refractivity contribution >= 4 is 0 Å². The van der Waals surface area contributed by atoms with Gasteiger partial charge in [-0.05, 0) is 24.6 Å². The van der Waals surface area contributed by atoms with E-state index in [0.717, 1.165) is 6.07 Å². The fraction of sp³-hybridized carbons (Fsp3) is 0.211. The lowest BCUT2D eigenvalue weighted by Gasteiger charge is -2.26. The summed E-state index contributed by atoms with van der Waals surface area (Å²) in [6, 6.07) is 5.88.